The molecular weight excluding hydrogens is 234 g/mol. The number of hydrogen-bond acceptors (Lipinski definition) is 3. The van der Waals surface area contributed by atoms with Gasteiger partial charge in [0.1, 0.15) is 11.5 Å². The molecule has 3 rings (SSSR count). The molecule has 5 atom stereocenters. The molecule has 18 heavy (non-hydrogen) atoms. The van der Waals surface area contributed by atoms with Crippen LogP contribution < -0.4 is 0 Å². The van der Waals surface area contributed by atoms with Crippen molar-refractivity contribution in [3.05, 3.63) is 12.2 Å². The highest BCUT2D eigenvalue weighted by Crippen LogP contribution is 2.52. The molecule has 0 aromatic heterocycles. The van der Waals surface area contributed by atoms with E-state index in [0.29, 0.717) is 6.54 Å². The van der Waals surface area contributed by atoms with Crippen molar-refractivity contribution in [3.8, 4) is 0 Å². The average Bonchev–Trinajstić information content (AvgIpc) is 2.96. The second-order valence-electron chi connectivity index (χ2n) is 5.46. The van der Waals surface area contributed by atoms with E-state index in [0.717, 1.165) is 6.42 Å². The summed E-state index contributed by atoms with van der Waals surface area (Å²) in [4.78, 5) is 25.5. The summed E-state index contributed by atoms with van der Waals surface area (Å²) in [5.41, 5.74) is -0.686. The largest absolute Gasteiger partial charge is 0.481 e. The van der Waals surface area contributed by atoms with E-state index in [1.807, 2.05) is 19.9 Å². The topological polar surface area (TPSA) is 66.8 Å². The maximum Gasteiger partial charge on any atom is 0.310 e. The first-order valence-corrected chi connectivity index (χ1v) is 6.40. The number of ether oxygens (including phenoxy) is 1. The highest BCUT2D eigenvalue weighted by atomic mass is 16.5. The number of fused-ring (bicyclic) bond motifs is 1. The van der Waals surface area contributed by atoms with Crippen LogP contribution in [-0.2, 0) is 14.3 Å². The zero-order valence-corrected chi connectivity index (χ0v) is 10.5. The summed E-state index contributed by atoms with van der Waals surface area (Å²) in [6.45, 7) is 4.50. The molecule has 2 bridgehead atoms. The summed E-state index contributed by atoms with van der Waals surface area (Å²) in [6.07, 6.45) is 4.11. The Morgan fingerprint density at radius 1 is 1.72 bits per heavy atom. The summed E-state index contributed by atoms with van der Waals surface area (Å²) >= 11 is 0. The molecule has 0 aromatic rings. The standard InChI is InChI=1S/C13H17NO4/c1-3-7(2)14-6-13-5-4-8(18-13)9(12(16)17)10(13)11(14)15/h4-5,7-10H,3,6H2,1-2H3,(H,16,17)/t7-,8+,9+,10-,13+/m1/s1. The molecule has 5 nitrogen and oxygen atoms in total. The van der Waals surface area contributed by atoms with Crippen molar-refractivity contribution in [1.29, 1.82) is 0 Å². The molecular formula is C13H17NO4. The third kappa shape index (κ3) is 1.25. The maximum absolute atomic E-state index is 12.4. The maximum atomic E-state index is 12.4. The average molecular weight is 251 g/mol. The normalized spacial score (nSPS) is 42.4. The number of carboxylic acids is 1. The van der Waals surface area contributed by atoms with Crippen LogP contribution in [0.4, 0.5) is 0 Å². The number of likely N-dealkylation sites (tertiary alicyclic amines) is 1. The molecule has 0 saturated carbocycles. The van der Waals surface area contributed by atoms with Gasteiger partial charge in [-0.2, -0.15) is 0 Å². The lowest BCUT2D eigenvalue weighted by Gasteiger charge is -2.26. The fourth-order valence-corrected chi connectivity index (χ4v) is 3.40. The Hall–Kier alpha value is -1.36. The first kappa shape index (κ1) is 11.7. The van der Waals surface area contributed by atoms with Gasteiger partial charge in [-0.25, -0.2) is 0 Å². The number of carbonyl (C=O) groups excluding carboxylic acids is 1. The molecule has 2 fully saturated rings. The van der Waals surface area contributed by atoms with Crippen LogP contribution in [0.1, 0.15) is 20.3 Å². The van der Waals surface area contributed by atoms with Gasteiger partial charge in [-0.3, -0.25) is 9.59 Å². The van der Waals surface area contributed by atoms with Gasteiger partial charge in [-0.05, 0) is 13.3 Å². The van der Waals surface area contributed by atoms with Gasteiger partial charge >= 0.3 is 5.97 Å². The van der Waals surface area contributed by atoms with Crippen molar-refractivity contribution in [2.45, 2.75) is 38.0 Å². The molecule has 2 saturated heterocycles. The minimum Gasteiger partial charge on any atom is -0.481 e. The van der Waals surface area contributed by atoms with Crippen molar-refractivity contribution < 1.29 is 19.4 Å². The summed E-state index contributed by atoms with van der Waals surface area (Å²) in [7, 11) is 0. The van der Waals surface area contributed by atoms with Crippen LogP contribution in [0.2, 0.25) is 0 Å². The zero-order chi connectivity index (χ0) is 13.1. The Morgan fingerprint density at radius 3 is 3.06 bits per heavy atom. The first-order chi connectivity index (χ1) is 8.50. The number of carboxylic acid groups (broad SMARTS) is 1. The van der Waals surface area contributed by atoms with Gasteiger partial charge in [0.25, 0.3) is 0 Å². The molecule has 3 aliphatic rings. The summed E-state index contributed by atoms with van der Waals surface area (Å²) in [5, 5.41) is 9.29. The van der Waals surface area contributed by atoms with Crippen LogP contribution in [0.3, 0.4) is 0 Å². The second-order valence-corrected chi connectivity index (χ2v) is 5.46. The lowest BCUT2D eigenvalue weighted by atomic mass is 9.77. The third-order valence-corrected chi connectivity index (χ3v) is 4.54. The lowest BCUT2D eigenvalue weighted by molar-refractivity contribution is -0.148. The van der Waals surface area contributed by atoms with Crippen molar-refractivity contribution in [2.24, 2.45) is 11.8 Å². The SMILES string of the molecule is CC[C@@H](C)N1C[C@]23C=C[C@H](O2)[C@H](C(=O)O)[C@@H]3C1=O. The lowest BCUT2D eigenvalue weighted by Crippen LogP contribution is -2.40. The molecule has 1 spiro atoms. The van der Waals surface area contributed by atoms with Crippen LogP contribution in [-0.4, -0.2) is 46.2 Å². The molecule has 0 aromatic carbocycles. The number of nitrogens with zero attached hydrogens (tertiary/aromatic N) is 1. The number of rotatable bonds is 3. The highest BCUT2D eigenvalue weighted by molar-refractivity contribution is 5.90. The van der Waals surface area contributed by atoms with E-state index in [2.05, 4.69) is 0 Å². The van der Waals surface area contributed by atoms with E-state index in [4.69, 9.17) is 4.74 Å². The van der Waals surface area contributed by atoms with Gasteiger partial charge in [0.15, 0.2) is 0 Å². The summed E-state index contributed by atoms with van der Waals surface area (Å²) in [6, 6.07) is 0.128. The van der Waals surface area contributed by atoms with E-state index in [1.54, 1.807) is 11.0 Å². The molecule has 0 radical (unpaired) electrons. The van der Waals surface area contributed by atoms with Crippen LogP contribution in [0, 0.1) is 11.8 Å². The van der Waals surface area contributed by atoms with E-state index in [-0.39, 0.29) is 11.9 Å². The van der Waals surface area contributed by atoms with Crippen molar-refractivity contribution in [3.63, 3.8) is 0 Å². The number of amides is 1. The molecule has 1 N–H and O–H groups in total. The second kappa shape index (κ2) is 3.57. The zero-order valence-electron chi connectivity index (χ0n) is 10.5. The molecule has 1 amide bonds. The summed E-state index contributed by atoms with van der Waals surface area (Å²) < 4.78 is 5.80. The fraction of sp³-hybridized carbons (Fsp3) is 0.692. The van der Waals surface area contributed by atoms with Gasteiger partial charge < -0.3 is 14.7 Å². The Bertz CT molecular complexity index is 446. The molecule has 3 aliphatic heterocycles. The Balaban J connectivity index is 1.97. The van der Waals surface area contributed by atoms with E-state index >= 15 is 0 Å². The van der Waals surface area contributed by atoms with Crippen molar-refractivity contribution in [1.82, 2.24) is 4.90 Å². The smallest absolute Gasteiger partial charge is 0.310 e. The van der Waals surface area contributed by atoms with Crippen molar-refractivity contribution >= 4 is 11.9 Å². The van der Waals surface area contributed by atoms with Gasteiger partial charge in [0, 0.05) is 6.04 Å². The third-order valence-electron chi connectivity index (χ3n) is 4.54. The Labute approximate surface area is 105 Å². The predicted octanol–water partition coefficient (Wildman–Crippen LogP) is 0.651. The van der Waals surface area contributed by atoms with Crippen LogP contribution in [0.5, 0.6) is 0 Å². The minimum atomic E-state index is -0.935. The van der Waals surface area contributed by atoms with Gasteiger partial charge in [-0.1, -0.05) is 19.1 Å². The quantitative estimate of drug-likeness (QED) is 0.748. The van der Waals surface area contributed by atoms with Crippen molar-refractivity contribution in [2.75, 3.05) is 6.54 Å². The van der Waals surface area contributed by atoms with Gasteiger partial charge in [0.2, 0.25) is 5.91 Å². The van der Waals surface area contributed by atoms with Crippen LogP contribution in [0.25, 0.3) is 0 Å². The molecule has 0 unspecified atom stereocenters. The number of aliphatic carboxylic acids is 1. The van der Waals surface area contributed by atoms with Crippen LogP contribution >= 0.6 is 0 Å². The Kier molecular flexibility index (Phi) is 2.32. The van der Waals surface area contributed by atoms with E-state index in [1.165, 1.54) is 0 Å². The molecule has 0 aliphatic carbocycles. The fourth-order valence-electron chi connectivity index (χ4n) is 3.40. The predicted molar refractivity (Wildman–Crippen MR) is 62.8 cm³/mol. The number of hydrogen-bond donors (Lipinski definition) is 1. The molecule has 98 valence electrons. The highest BCUT2D eigenvalue weighted by Gasteiger charge is 2.67. The first-order valence-electron chi connectivity index (χ1n) is 6.40. The monoisotopic (exact) mass is 251 g/mol. The van der Waals surface area contributed by atoms with Crippen LogP contribution in [0.15, 0.2) is 12.2 Å². The minimum absolute atomic E-state index is 0.0661. The van der Waals surface area contributed by atoms with Gasteiger partial charge in [0.05, 0.1) is 18.6 Å². The number of carbonyl (C=O) groups is 2. The van der Waals surface area contributed by atoms with Gasteiger partial charge in [-0.15, -0.1) is 0 Å². The summed E-state index contributed by atoms with van der Waals surface area (Å²) in [5.74, 6) is -2.27. The van der Waals surface area contributed by atoms with E-state index in [9.17, 15) is 14.7 Å². The Morgan fingerprint density at radius 2 is 2.44 bits per heavy atom. The molecule has 5 heteroatoms. The van der Waals surface area contributed by atoms with E-state index < -0.39 is 29.5 Å². The molecule has 3 heterocycles.